The molecule has 0 aromatic heterocycles. The molecule has 1 heteroatoms. The van der Waals surface area contributed by atoms with Crippen LogP contribution in [0, 0.1) is 0 Å². The third-order valence-electron chi connectivity index (χ3n) is 3.52. The molecule has 82 valence electrons. The summed E-state index contributed by atoms with van der Waals surface area (Å²) >= 11 is 0. The van der Waals surface area contributed by atoms with Crippen LogP contribution in [0.4, 0.5) is 0 Å². The van der Waals surface area contributed by atoms with Gasteiger partial charge in [-0.1, -0.05) is 51.0 Å². The van der Waals surface area contributed by atoms with E-state index in [0.29, 0.717) is 5.92 Å². The number of hydrogen-bond acceptors (Lipinski definition) is 1. The fourth-order valence-corrected chi connectivity index (χ4v) is 2.44. The summed E-state index contributed by atoms with van der Waals surface area (Å²) in [5.74, 6) is 0.537. The highest BCUT2D eigenvalue weighted by molar-refractivity contribution is 5.30. The van der Waals surface area contributed by atoms with E-state index in [2.05, 4.69) is 38.1 Å². The van der Waals surface area contributed by atoms with Gasteiger partial charge >= 0.3 is 0 Å². The maximum atomic E-state index is 10.5. The second-order valence-electron chi connectivity index (χ2n) is 5.02. The van der Waals surface area contributed by atoms with Crippen LogP contribution in [0.2, 0.25) is 0 Å². The molecule has 0 aliphatic heterocycles. The Morgan fingerprint density at radius 2 is 1.87 bits per heavy atom. The molecule has 1 fully saturated rings. The third kappa shape index (κ3) is 2.07. The van der Waals surface area contributed by atoms with Crippen LogP contribution in [-0.4, -0.2) is 5.11 Å². The van der Waals surface area contributed by atoms with Crippen LogP contribution in [0.1, 0.15) is 56.6 Å². The Morgan fingerprint density at radius 1 is 1.20 bits per heavy atom. The van der Waals surface area contributed by atoms with E-state index < -0.39 is 5.60 Å². The van der Waals surface area contributed by atoms with E-state index in [1.807, 2.05) is 0 Å². The molecule has 1 aliphatic rings. The van der Waals surface area contributed by atoms with Crippen LogP contribution >= 0.6 is 0 Å². The molecule has 1 saturated carbocycles. The Labute approximate surface area is 92.1 Å². The first kappa shape index (κ1) is 10.7. The van der Waals surface area contributed by atoms with Crippen molar-refractivity contribution in [3.63, 3.8) is 0 Å². The minimum absolute atomic E-state index is 0.537. The molecule has 1 N–H and O–H groups in total. The van der Waals surface area contributed by atoms with E-state index in [-0.39, 0.29) is 0 Å². The van der Waals surface area contributed by atoms with Crippen LogP contribution in [-0.2, 0) is 5.60 Å². The molecule has 0 unspecified atom stereocenters. The maximum Gasteiger partial charge on any atom is 0.0896 e. The lowest BCUT2D eigenvalue weighted by Gasteiger charge is -2.23. The quantitative estimate of drug-likeness (QED) is 0.780. The zero-order valence-corrected chi connectivity index (χ0v) is 9.66. The fourth-order valence-electron chi connectivity index (χ4n) is 2.44. The highest BCUT2D eigenvalue weighted by Crippen LogP contribution is 2.39. The fraction of sp³-hybridized carbons (Fsp3) is 0.571. The topological polar surface area (TPSA) is 20.2 Å². The number of benzene rings is 1. The van der Waals surface area contributed by atoms with Crippen LogP contribution < -0.4 is 0 Å². The van der Waals surface area contributed by atoms with Crippen molar-refractivity contribution in [3.8, 4) is 0 Å². The first-order valence-electron chi connectivity index (χ1n) is 5.95. The Balaban J connectivity index is 2.31. The predicted molar refractivity (Wildman–Crippen MR) is 62.9 cm³/mol. The Hall–Kier alpha value is -0.820. The van der Waals surface area contributed by atoms with Gasteiger partial charge in [0.05, 0.1) is 5.60 Å². The van der Waals surface area contributed by atoms with Gasteiger partial charge in [0.25, 0.3) is 0 Å². The SMILES string of the molecule is CC(C)c1cccc(C2(O)CCCC2)c1. The molecule has 0 amide bonds. The van der Waals surface area contributed by atoms with Crippen molar-refractivity contribution in [2.45, 2.75) is 51.0 Å². The molecule has 0 heterocycles. The molecule has 1 aliphatic carbocycles. The van der Waals surface area contributed by atoms with Crippen molar-refractivity contribution in [2.75, 3.05) is 0 Å². The molecule has 0 radical (unpaired) electrons. The third-order valence-corrected chi connectivity index (χ3v) is 3.52. The normalized spacial score (nSPS) is 19.7. The largest absolute Gasteiger partial charge is 0.385 e. The van der Waals surface area contributed by atoms with Crippen molar-refractivity contribution in [1.29, 1.82) is 0 Å². The Bertz CT molecular complexity index is 335. The number of aliphatic hydroxyl groups is 1. The van der Waals surface area contributed by atoms with Gasteiger partial charge in [-0.25, -0.2) is 0 Å². The molecule has 1 aromatic carbocycles. The van der Waals surface area contributed by atoms with Crippen LogP contribution in [0.25, 0.3) is 0 Å². The van der Waals surface area contributed by atoms with E-state index in [1.54, 1.807) is 0 Å². The molecule has 1 nitrogen and oxygen atoms in total. The van der Waals surface area contributed by atoms with E-state index >= 15 is 0 Å². The zero-order valence-electron chi connectivity index (χ0n) is 9.66. The second-order valence-corrected chi connectivity index (χ2v) is 5.02. The van der Waals surface area contributed by atoms with Crippen molar-refractivity contribution < 1.29 is 5.11 Å². The highest BCUT2D eigenvalue weighted by atomic mass is 16.3. The van der Waals surface area contributed by atoms with E-state index in [9.17, 15) is 5.11 Å². The van der Waals surface area contributed by atoms with Crippen molar-refractivity contribution in [3.05, 3.63) is 35.4 Å². The summed E-state index contributed by atoms with van der Waals surface area (Å²) in [7, 11) is 0. The van der Waals surface area contributed by atoms with Gasteiger partial charge in [-0.3, -0.25) is 0 Å². The molecular formula is C14H20O. The number of hydrogen-bond donors (Lipinski definition) is 1. The summed E-state index contributed by atoms with van der Waals surface area (Å²) in [5, 5.41) is 10.5. The lowest BCUT2D eigenvalue weighted by molar-refractivity contribution is 0.0444. The van der Waals surface area contributed by atoms with Crippen LogP contribution in [0.3, 0.4) is 0 Å². The van der Waals surface area contributed by atoms with E-state index in [0.717, 1.165) is 31.2 Å². The molecule has 0 atom stereocenters. The van der Waals surface area contributed by atoms with Gasteiger partial charge in [-0.2, -0.15) is 0 Å². The summed E-state index contributed by atoms with van der Waals surface area (Å²) in [6.45, 7) is 4.38. The van der Waals surface area contributed by atoms with Crippen molar-refractivity contribution >= 4 is 0 Å². The van der Waals surface area contributed by atoms with E-state index in [1.165, 1.54) is 5.56 Å². The average molecular weight is 204 g/mol. The smallest absolute Gasteiger partial charge is 0.0896 e. The molecule has 0 spiro atoms. The monoisotopic (exact) mass is 204 g/mol. The zero-order chi connectivity index (χ0) is 10.9. The molecular weight excluding hydrogens is 184 g/mol. The molecule has 15 heavy (non-hydrogen) atoms. The molecule has 1 aromatic rings. The second kappa shape index (κ2) is 3.97. The minimum atomic E-state index is -0.537. The summed E-state index contributed by atoms with van der Waals surface area (Å²) in [6, 6.07) is 8.46. The van der Waals surface area contributed by atoms with Crippen molar-refractivity contribution in [2.24, 2.45) is 0 Å². The summed E-state index contributed by atoms with van der Waals surface area (Å²) in [4.78, 5) is 0. The standard InChI is InChI=1S/C14H20O/c1-11(2)12-6-5-7-13(10-12)14(15)8-3-4-9-14/h5-7,10-11,15H,3-4,8-9H2,1-2H3. The molecule has 2 rings (SSSR count). The first-order valence-corrected chi connectivity index (χ1v) is 5.95. The van der Waals surface area contributed by atoms with Gasteiger partial charge in [0.1, 0.15) is 0 Å². The van der Waals surface area contributed by atoms with E-state index in [4.69, 9.17) is 0 Å². The number of rotatable bonds is 2. The summed E-state index contributed by atoms with van der Waals surface area (Å²) in [6.07, 6.45) is 4.16. The van der Waals surface area contributed by atoms with Gasteiger partial charge < -0.3 is 5.11 Å². The lowest BCUT2D eigenvalue weighted by Crippen LogP contribution is -2.20. The van der Waals surface area contributed by atoms with Gasteiger partial charge in [0.2, 0.25) is 0 Å². The van der Waals surface area contributed by atoms with Crippen LogP contribution in [0.15, 0.2) is 24.3 Å². The van der Waals surface area contributed by atoms with Gasteiger partial charge in [-0.05, 0) is 29.9 Å². The van der Waals surface area contributed by atoms with Gasteiger partial charge in [-0.15, -0.1) is 0 Å². The summed E-state index contributed by atoms with van der Waals surface area (Å²) < 4.78 is 0. The Morgan fingerprint density at radius 3 is 2.47 bits per heavy atom. The predicted octanol–water partition coefficient (Wildman–Crippen LogP) is 3.57. The van der Waals surface area contributed by atoms with Crippen molar-refractivity contribution in [1.82, 2.24) is 0 Å². The highest BCUT2D eigenvalue weighted by Gasteiger charge is 2.32. The molecule has 0 bridgehead atoms. The first-order chi connectivity index (χ1) is 7.12. The summed E-state index contributed by atoms with van der Waals surface area (Å²) in [5.41, 5.74) is 1.91. The van der Waals surface area contributed by atoms with Gasteiger partial charge in [0, 0.05) is 0 Å². The lowest BCUT2D eigenvalue weighted by atomic mass is 9.89. The maximum absolute atomic E-state index is 10.5. The Kier molecular flexibility index (Phi) is 2.83. The van der Waals surface area contributed by atoms with Crippen LogP contribution in [0.5, 0.6) is 0 Å². The molecule has 0 saturated heterocycles. The average Bonchev–Trinajstić information content (AvgIpc) is 2.67. The van der Waals surface area contributed by atoms with Gasteiger partial charge in [0.15, 0.2) is 0 Å². The minimum Gasteiger partial charge on any atom is -0.385 e.